The number of hydrogen-bond donors (Lipinski definition) is 2. The summed E-state index contributed by atoms with van der Waals surface area (Å²) in [6.45, 7) is 1.38. The first-order chi connectivity index (χ1) is 4.83. The average molecular weight is 181 g/mol. The van der Waals surface area contributed by atoms with E-state index in [-0.39, 0.29) is 5.88 Å². The Labute approximate surface area is 65.3 Å². The van der Waals surface area contributed by atoms with Crippen LogP contribution >= 0.6 is 0 Å². The van der Waals surface area contributed by atoms with Gasteiger partial charge in [-0.25, -0.2) is 8.42 Å². The molecular weight excluding hydrogens is 170 g/mol. The van der Waals surface area contributed by atoms with E-state index in [9.17, 15) is 13.2 Å². The average Bonchev–Trinajstić information content (AvgIpc) is 1.80. The molecule has 0 amide bonds. The molecule has 0 aliphatic rings. The number of sulfone groups is 1. The molecular formula is C5H11NO4S. The Kier molecular flexibility index (Phi) is 3.47. The Balaban J connectivity index is 3.82. The standard InChI is InChI=1S/C5H11NO4S/c1-4(5(7)8)6-3-11(2,9)10/h4,6H,3H2,1-2H3,(H,7,8). The highest BCUT2D eigenvalue weighted by molar-refractivity contribution is 7.90. The van der Waals surface area contributed by atoms with Gasteiger partial charge in [-0.1, -0.05) is 0 Å². The van der Waals surface area contributed by atoms with Crippen LogP contribution in [-0.2, 0) is 14.6 Å². The van der Waals surface area contributed by atoms with Gasteiger partial charge in [0.2, 0.25) is 0 Å². The van der Waals surface area contributed by atoms with Gasteiger partial charge >= 0.3 is 5.97 Å². The number of carboxylic acids is 1. The zero-order valence-electron chi connectivity index (χ0n) is 6.36. The van der Waals surface area contributed by atoms with Crippen molar-refractivity contribution in [2.24, 2.45) is 0 Å². The highest BCUT2D eigenvalue weighted by Gasteiger charge is 2.11. The minimum Gasteiger partial charge on any atom is -0.480 e. The van der Waals surface area contributed by atoms with Crippen LogP contribution in [0.15, 0.2) is 0 Å². The van der Waals surface area contributed by atoms with Crippen molar-refractivity contribution in [1.82, 2.24) is 5.32 Å². The summed E-state index contributed by atoms with van der Waals surface area (Å²) in [4.78, 5) is 10.2. The van der Waals surface area contributed by atoms with Gasteiger partial charge in [-0.2, -0.15) is 0 Å². The Morgan fingerprint density at radius 2 is 2.09 bits per heavy atom. The predicted octanol–water partition coefficient (Wildman–Crippen LogP) is -0.949. The van der Waals surface area contributed by atoms with Crippen LogP contribution in [0.4, 0.5) is 0 Å². The number of aliphatic carboxylic acids is 1. The summed E-state index contributed by atoms with van der Waals surface area (Å²) in [6.07, 6.45) is 1.04. The maximum atomic E-state index is 10.5. The van der Waals surface area contributed by atoms with Crippen LogP contribution < -0.4 is 5.32 Å². The number of rotatable bonds is 4. The van der Waals surface area contributed by atoms with Crippen LogP contribution in [-0.4, -0.2) is 37.7 Å². The third kappa shape index (κ3) is 5.81. The molecule has 0 radical (unpaired) electrons. The van der Waals surface area contributed by atoms with Gasteiger partial charge in [0.05, 0.1) is 5.88 Å². The van der Waals surface area contributed by atoms with E-state index in [0.717, 1.165) is 6.26 Å². The molecule has 1 unspecified atom stereocenters. The topological polar surface area (TPSA) is 83.5 Å². The molecule has 0 saturated heterocycles. The van der Waals surface area contributed by atoms with Gasteiger partial charge in [0.15, 0.2) is 9.84 Å². The van der Waals surface area contributed by atoms with Crippen LogP contribution in [0.5, 0.6) is 0 Å². The van der Waals surface area contributed by atoms with Gasteiger partial charge in [0.25, 0.3) is 0 Å². The summed E-state index contributed by atoms with van der Waals surface area (Å²) in [7, 11) is -3.13. The molecule has 0 bridgehead atoms. The fourth-order valence-corrected chi connectivity index (χ4v) is 0.916. The number of hydrogen-bond acceptors (Lipinski definition) is 4. The van der Waals surface area contributed by atoms with Crippen LogP contribution in [0.1, 0.15) is 6.92 Å². The summed E-state index contributed by atoms with van der Waals surface area (Å²) in [5.41, 5.74) is 0. The molecule has 0 aromatic rings. The zero-order chi connectivity index (χ0) is 9.07. The molecule has 6 heteroatoms. The van der Waals surface area contributed by atoms with E-state index in [1.807, 2.05) is 0 Å². The second kappa shape index (κ2) is 3.68. The lowest BCUT2D eigenvalue weighted by Crippen LogP contribution is -2.36. The molecule has 1 atom stereocenters. The first kappa shape index (κ1) is 10.4. The molecule has 0 aliphatic carbocycles. The molecule has 0 aliphatic heterocycles. The van der Waals surface area contributed by atoms with E-state index in [1.165, 1.54) is 6.92 Å². The van der Waals surface area contributed by atoms with Crippen molar-refractivity contribution in [3.05, 3.63) is 0 Å². The van der Waals surface area contributed by atoms with E-state index in [4.69, 9.17) is 5.11 Å². The van der Waals surface area contributed by atoms with Crippen molar-refractivity contribution in [3.63, 3.8) is 0 Å². The Morgan fingerprint density at radius 1 is 1.64 bits per heavy atom. The molecule has 0 saturated carbocycles. The number of nitrogens with one attached hydrogen (secondary N) is 1. The molecule has 11 heavy (non-hydrogen) atoms. The van der Waals surface area contributed by atoms with Gasteiger partial charge in [-0.3, -0.25) is 10.1 Å². The van der Waals surface area contributed by atoms with Crippen molar-refractivity contribution in [1.29, 1.82) is 0 Å². The number of carboxylic acid groups (broad SMARTS) is 1. The van der Waals surface area contributed by atoms with E-state index >= 15 is 0 Å². The van der Waals surface area contributed by atoms with Crippen LogP contribution in [0.3, 0.4) is 0 Å². The SMILES string of the molecule is CC(NCS(C)(=O)=O)C(=O)O. The third-order valence-electron chi connectivity index (χ3n) is 1.02. The molecule has 0 fully saturated rings. The molecule has 2 N–H and O–H groups in total. The summed E-state index contributed by atoms with van der Waals surface area (Å²) >= 11 is 0. The van der Waals surface area contributed by atoms with Crippen molar-refractivity contribution >= 4 is 15.8 Å². The Hall–Kier alpha value is -0.620. The molecule has 66 valence electrons. The van der Waals surface area contributed by atoms with Crippen LogP contribution in [0, 0.1) is 0 Å². The second-order valence-corrected chi connectivity index (χ2v) is 4.47. The molecule has 0 rings (SSSR count). The first-order valence-electron chi connectivity index (χ1n) is 2.97. The largest absolute Gasteiger partial charge is 0.480 e. The lowest BCUT2D eigenvalue weighted by molar-refractivity contribution is -0.138. The van der Waals surface area contributed by atoms with E-state index in [2.05, 4.69) is 5.32 Å². The Bertz CT molecular complexity index is 233. The van der Waals surface area contributed by atoms with E-state index < -0.39 is 21.8 Å². The highest BCUT2D eigenvalue weighted by atomic mass is 32.2. The fraction of sp³-hybridized carbons (Fsp3) is 0.800. The maximum absolute atomic E-state index is 10.5. The van der Waals surface area contributed by atoms with Gasteiger partial charge < -0.3 is 5.11 Å². The minimum absolute atomic E-state index is 0.305. The molecule has 0 spiro atoms. The van der Waals surface area contributed by atoms with Gasteiger partial charge in [0.1, 0.15) is 6.04 Å². The fourth-order valence-electron chi connectivity index (χ4n) is 0.364. The van der Waals surface area contributed by atoms with Gasteiger partial charge in [0, 0.05) is 6.26 Å². The van der Waals surface area contributed by atoms with E-state index in [1.54, 1.807) is 0 Å². The molecule has 0 aromatic heterocycles. The normalized spacial score (nSPS) is 14.4. The van der Waals surface area contributed by atoms with Crippen molar-refractivity contribution in [2.75, 3.05) is 12.1 Å². The minimum atomic E-state index is -3.13. The number of carbonyl (C=O) groups is 1. The smallest absolute Gasteiger partial charge is 0.320 e. The van der Waals surface area contributed by atoms with Crippen LogP contribution in [0.25, 0.3) is 0 Å². The van der Waals surface area contributed by atoms with Gasteiger partial charge in [-0.15, -0.1) is 0 Å². The van der Waals surface area contributed by atoms with Crippen molar-refractivity contribution in [3.8, 4) is 0 Å². The van der Waals surface area contributed by atoms with Crippen molar-refractivity contribution < 1.29 is 18.3 Å². The lowest BCUT2D eigenvalue weighted by atomic mass is 10.4. The Morgan fingerprint density at radius 3 is 2.36 bits per heavy atom. The lowest BCUT2D eigenvalue weighted by Gasteiger charge is -2.06. The molecule has 0 heterocycles. The predicted molar refractivity (Wildman–Crippen MR) is 39.9 cm³/mol. The molecule has 5 nitrogen and oxygen atoms in total. The second-order valence-electron chi connectivity index (χ2n) is 2.33. The van der Waals surface area contributed by atoms with Crippen molar-refractivity contribution in [2.45, 2.75) is 13.0 Å². The quantitative estimate of drug-likeness (QED) is 0.584. The van der Waals surface area contributed by atoms with Gasteiger partial charge in [-0.05, 0) is 6.92 Å². The first-order valence-corrected chi connectivity index (χ1v) is 5.03. The highest BCUT2D eigenvalue weighted by Crippen LogP contribution is 1.83. The third-order valence-corrected chi connectivity index (χ3v) is 1.71. The monoisotopic (exact) mass is 181 g/mol. The zero-order valence-corrected chi connectivity index (χ0v) is 7.18. The summed E-state index contributed by atoms with van der Waals surface area (Å²) in [6, 6.07) is -0.829. The summed E-state index contributed by atoms with van der Waals surface area (Å²) in [5.74, 6) is -1.37. The van der Waals surface area contributed by atoms with Crippen LogP contribution in [0.2, 0.25) is 0 Å². The maximum Gasteiger partial charge on any atom is 0.320 e. The summed E-state index contributed by atoms with van der Waals surface area (Å²) in [5, 5.41) is 10.7. The van der Waals surface area contributed by atoms with E-state index in [0.29, 0.717) is 0 Å². The molecule has 0 aromatic carbocycles. The summed E-state index contributed by atoms with van der Waals surface area (Å²) < 4.78 is 21.0.